The molecule has 1 unspecified atom stereocenters. The normalized spacial score (nSPS) is 12.0. The Morgan fingerprint density at radius 1 is 0.902 bits per heavy atom. The van der Waals surface area contributed by atoms with E-state index in [1.54, 1.807) is 48.5 Å². The molecule has 0 aliphatic rings. The van der Waals surface area contributed by atoms with Crippen LogP contribution in [0.5, 0.6) is 0 Å². The maximum Gasteiger partial charge on any atom is 0.264 e. The van der Waals surface area contributed by atoms with Gasteiger partial charge in [-0.3, -0.25) is 13.9 Å². The van der Waals surface area contributed by atoms with Gasteiger partial charge in [0.2, 0.25) is 11.8 Å². The predicted octanol–water partition coefficient (Wildman–Crippen LogP) is 6.53. The number of benzene rings is 3. The molecule has 10 heteroatoms. The van der Waals surface area contributed by atoms with Gasteiger partial charge in [0, 0.05) is 13.1 Å². The Labute approximate surface area is 253 Å². The zero-order valence-corrected chi connectivity index (χ0v) is 26.2. The number of aryl methyl sites for hydroxylation is 2. The van der Waals surface area contributed by atoms with E-state index in [4.69, 9.17) is 23.2 Å². The number of hydrogen-bond donors (Lipinski definition) is 1. The first-order valence-electron chi connectivity index (χ1n) is 13.6. The molecular formula is C31H37Cl2N3O4S. The van der Waals surface area contributed by atoms with Crippen LogP contribution in [0, 0.1) is 13.8 Å². The van der Waals surface area contributed by atoms with Crippen LogP contribution in [0.15, 0.2) is 71.6 Å². The maximum atomic E-state index is 14.1. The fraction of sp³-hybridized carbons (Fsp3) is 0.355. The first-order chi connectivity index (χ1) is 19.5. The Morgan fingerprint density at radius 2 is 1.56 bits per heavy atom. The van der Waals surface area contributed by atoms with Gasteiger partial charge in [-0.05, 0) is 79.8 Å². The Kier molecular flexibility index (Phi) is 11.6. The van der Waals surface area contributed by atoms with Gasteiger partial charge < -0.3 is 10.2 Å². The summed E-state index contributed by atoms with van der Waals surface area (Å²) in [5.74, 6) is -0.814. The summed E-state index contributed by atoms with van der Waals surface area (Å²) < 4.78 is 29.0. The topological polar surface area (TPSA) is 86.8 Å². The van der Waals surface area contributed by atoms with Crippen molar-refractivity contribution in [1.29, 1.82) is 0 Å². The highest BCUT2D eigenvalue weighted by Gasteiger charge is 2.33. The lowest BCUT2D eigenvalue weighted by Crippen LogP contribution is -2.52. The Bertz CT molecular complexity index is 1450. The molecule has 220 valence electrons. The molecular weight excluding hydrogens is 581 g/mol. The SMILES string of the molecule is CCCCNC(=O)C(CC)N(Cc1ccc(Cl)c(Cl)c1)C(=O)CN(c1cc(C)cc(C)c1)S(=O)(=O)c1ccccc1. The molecule has 1 N–H and O–H groups in total. The van der Waals surface area contributed by atoms with Crippen LogP contribution in [0.4, 0.5) is 5.69 Å². The van der Waals surface area contributed by atoms with Gasteiger partial charge in [-0.15, -0.1) is 0 Å². The quantitative estimate of drug-likeness (QED) is 0.221. The van der Waals surface area contributed by atoms with Crippen molar-refractivity contribution >= 4 is 50.7 Å². The van der Waals surface area contributed by atoms with Crippen LogP contribution in [0.3, 0.4) is 0 Å². The molecule has 0 aromatic heterocycles. The van der Waals surface area contributed by atoms with E-state index in [-0.39, 0.29) is 17.3 Å². The zero-order valence-electron chi connectivity index (χ0n) is 23.9. The number of nitrogens with one attached hydrogen (secondary N) is 1. The summed E-state index contributed by atoms with van der Waals surface area (Å²) >= 11 is 12.4. The average Bonchev–Trinajstić information content (AvgIpc) is 2.93. The average molecular weight is 619 g/mol. The summed E-state index contributed by atoms with van der Waals surface area (Å²) in [6.45, 7) is 7.62. The third-order valence-electron chi connectivity index (χ3n) is 6.66. The van der Waals surface area contributed by atoms with E-state index in [1.165, 1.54) is 17.0 Å². The van der Waals surface area contributed by atoms with E-state index >= 15 is 0 Å². The standard InChI is InChI=1S/C31H37Cl2N3O4S/c1-5-7-15-34-31(38)29(6-2)35(20-24-13-14-27(32)28(33)19-24)30(37)21-36(25-17-22(3)16-23(4)18-25)41(39,40)26-11-9-8-10-12-26/h8-14,16-19,29H,5-7,15,20-21H2,1-4H3,(H,34,38). The zero-order chi connectivity index (χ0) is 30.2. The number of anilines is 1. The number of halogens is 2. The van der Waals surface area contributed by atoms with Crippen LogP contribution < -0.4 is 9.62 Å². The van der Waals surface area contributed by atoms with Gasteiger partial charge in [-0.1, -0.05) is 73.8 Å². The highest BCUT2D eigenvalue weighted by atomic mass is 35.5. The van der Waals surface area contributed by atoms with E-state index in [1.807, 2.05) is 33.8 Å². The summed E-state index contributed by atoms with van der Waals surface area (Å²) in [5.41, 5.74) is 2.75. The van der Waals surface area contributed by atoms with E-state index in [0.29, 0.717) is 34.3 Å². The van der Waals surface area contributed by atoms with Crippen molar-refractivity contribution in [2.75, 3.05) is 17.4 Å². The highest BCUT2D eigenvalue weighted by Crippen LogP contribution is 2.28. The fourth-order valence-corrected chi connectivity index (χ4v) is 6.34. The largest absolute Gasteiger partial charge is 0.354 e. The third-order valence-corrected chi connectivity index (χ3v) is 9.18. The summed E-state index contributed by atoms with van der Waals surface area (Å²) in [5, 5.41) is 3.61. The number of sulfonamides is 1. The lowest BCUT2D eigenvalue weighted by atomic mass is 10.1. The molecule has 2 amide bonds. The highest BCUT2D eigenvalue weighted by molar-refractivity contribution is 7.92. The van der Waals surface area contributed by atoms with Gasteiger partial charge >= 0.3 is 0 Å². The summed E-state index contributed by atoms with van der Waals surface area (Å²) in [4.78, 5) is 28.9. The molecule has 3 rings (SSSR count). The molecule has 0 aliphatic carbocycles. The summed E-state index contributed by atoms with van der Waals surface area (Å²) in [7, 11) is -4.12. The molecule has 0 radical (unpaired) electrons. The van der Waals surface area contributed by atoms with Crippen molar-refractivity contribution < 1.29 is 18.0 Å². The fourth-order valence-electron chi connectivity index (χ4n) is 4.60. The summed E-state index contributed by atoms with van der Waals surface area (Å²) in [6, 6.07) is 17.6. The van der Waals surface area contributed by atoms with Gasteiger partial charge in [0.25, 0.3) is 10.0 Å². The lowest BCUT2D eigenvalue weighted by molar-refractivity contribution is -0.140. The molecule has 0 spiro atoms. The van der Waals surface area contributed by atoms with Crippen LogP contribution in [0.1, 0.15) is 49.8 Å². The molecule has 3 aromatic carbocycles. The van der Waals surface area contributed by atoms with Gasteiger partial charge in [0.15, 0.2) is 0 Å². The number of unbranched alkanes of at least 4 members (excludes halogenated alkanes) is 1. The predicted molar refractivity (Wildman–Crippen MR) is 166 cm³/mol. The van der Waals surface area contributed by atoms with Crippen molar-refractivity contribution in [2.24, 2.45) is 0 Å². The molecule has 3 aromatic rings. The number of hydrogen-bond acceptors (Lipinski definition) is 4. The molecule has 0 saturated heterocycles. The smallest absolute Gasteiger partial charge is 0.264 e. The molecule has 7 nitrogen and oxygen atoms in total. The van der Waals surface area contributed by atoms with E-state index in [2.05, 4.69) is 5.32 Å². The maximum absolute atomic E-state index is 14.1. The van der Waals surface area contributed by atoms with Gasteiger partial charge in [-0.2, -0.15) is 0 Å². The van der Waals surface area contributed by atoms with Gasteiger partial charge in [-0.25, -0.2) is 8.42 Å². The van der Waals surface area contributed by atoms with Crippen molar-refractivity contribution in [3.05, 3.63) is 93.5 Å². The van der Waals surface area contributed by atoms with Crippen LogP contribution in [0.2, 0.25) is 10.0 Å². The van der Waals surface area contributed by atoms with Crippen LogP contribution in [-0.4, -0.2) is 44.3 Å². The second kappa shape index (κ2) is 14.7. The monoisotopic (exact) mass is 617 g/mol. The Morgan fingerprint density at radius 3 is 2.15 bits per heavy atom. The van der Waals surface area contributed by atoms with E-state index < -0.39 is 28.5 Å². The van der Waals surface area contributed by atoms with Crippen LogP contribution in [0.25, 0.3) is 0 Å². The van der Waals surface area contributed by atoms with E-state index in [0.717, 1.165) is 28.3 Å². The molecule has 41 heavy (non-hydrogen) atoms. The second-order valence-electron chi connectivity index (χ2n) is 10.0. The molecule has 0 heterocycles. The number of rotatable bonds is 13. The number of amides is 2. The number of carbonyl (C=O) groups excluding carboxylic acids is 2. The molecule has 0 saturated carbocycles. The number of nitrogens with zero attached hydrogens (tertiary/aromatic N) is 2. The van der Waals surface area contributed by atoms with Crippen molar-refractivity contribution in [2.45, 2.75) is 64.4 Å². The second-order valence-corrected chi connectivity index (χ2v) is 12.7. The van der Waals surface area contributed by atoms with Crippen molar-refractivity contribution in [3.8, 4) is 0 Å². The summed E-state index contributed by atoms with van der Waals surface area (Å²) in [6.07, 6.45) is 2.05. The van der Waals surface area contributed by atoms with Gasteiger partial charge in [0.1, 0.15) is 12.6 Å². The minimum atomic E-state index is -4.12. The molecule has 1 atom stereocenters. The van der Waals surface area contributed by atoms with Gasteiger partial charge in [0.05, 0.1) is 20.6 Å². The van der Waals surface area contributed by atoms with Crippen LogP contribution >= 0.6 is 23.2 Å². The number of carbonyl (C=O) groups is 2. The minimum Gasteiger partial charge on any atom is -0.354 e. The Balaban J connectivity index is 2.07. The Hall–Kier alpha value is -3.07. The first kappa shape index (κ1) is 32.4. The first-order valence-corrected chi connectivity index (χ1v) is 15.8. The lowest BCUT2D eigenvalue weighted by Gasteiger charge is -2.33. The molecule has 0 bridgehead atoms. The van der Waals surface area contributed by atoms with Crippen molar-refractivity contribution in [1.82, 2.24) is 10.2 Å². The van der Waals surface area contributed by atoms with Crippen molar-refractivity contribution in [3.63, 3.8) is 0 Å². The third kappa shape index (κ3) is 8.47. The van der Waals surface area contributed by atoms with E-state index in [9.17, 15) is 18.0 Å². The van der Waals surface area contributed by atoms with Crippen LogP contribution in [-0.2, 0) is 26.2 Å². The minimum absolute atomic E-state index is 0.0432. The molecule has 0 aliphatic heterocycles. The molecule has 0 fully saturated rings.